The summed E-state index contributed by atoms with van der Waals surface area (Å²) in [6.07, 6.45) is 1.97. The molecule has 0 heterocycles. The number of ketones is 1. The molecule has 0 fully saturated rings. The summed E-state index contributed by atoms with van der Waals surface area (Å²) in [7, 11) is 4.02. The Bertz CT molecular complexity index is 991. The number of anilines is 1. The van der Waals surface area contributed by atoms with Crippen molar-refractivity contribution in [3.05, 3.63) is 105 Å². The second kappa shape index (κ2) is 9.82. The van der Waals surface area contributed by atoms with Gasteiger partial charge in [0.25, 0.3) is 0 Å². The Kier molecular flexibility index (Phi) is 7.18. The number of carbonyl (C=O) groups is 1. The van der Waals surface area contributed by atoms with Crippen molar-refractivity contribution >= 4 is 40.9 Å². The minimum Gasteiger partial charge on any atom is -0.378 e. The lowest BCUT2D eigenvalue weighted by molar-refractivity contribution is 0.104. The minimum absolute atomic E-state index is 0.00969. The summed E-state index contributed by atoms with van der Waals surface area (Å²) >= 11 is 7.55. The van der Waals surface area contributed by atoms with Gasteiger partial charge in [-0.05, 0) is 60.5 Å². The molecule has 0 saturated carbocycles. The summed E-state index contributed by atoms with van der Waals surface area (Å²) in [6, 6.07) is 23.7. The monoisotopic (exact) mass is 421 g/mol. The number of thioether (sulfide) groups is 1. The van der Waals surface area contributed by atoms with Gasteiger partial charge in [-0.2, -0.15) is 0 Å². The molecule has 0 unspecified atom stereocenters. The molecule has 0 aromatic heterocycles. The molecule has 148 valence electrons. The Morgan fingerprint density at radius 1 is 0.931 bits per heavy atom. The van der Waals surface area contributed by atoms with E-state index in [1.54, 1.807) is 36.0 Å². The maximum Gasteiger partial charge on any atom is 0.199 e. The van der Waals surface area contributed by atoms with Gasteiger partial charge in [0.2, 0.25) is 0 Å². The van der Waals surface area contributed by atoms with Gasteiger partial charge in [0.1, 0.15) is 0 Å². The Morgan fingerprint density at radius 2 is 1.55 bits per heavy atom. The summed E-state index contributed by atoms with van der Waals surface area (Å²) in [5.74, 6) is 0.747. The maximum absolute atomic E-state index is 13.2. The highest BCUT2D eigenvalue weighted by Crippen LogP contribution is 2.28. The van der Waals surface area contributed by atoms with Crippen molar-refractivity contribution in [3.63, 3.8) is 0 Å². The first-order chi connectivity index (χ1) is 13.9. The zero-order chi connectivity index (χ0) is 20.8. The summed E-state index contributed by atoms with van der Waals surface area (Å²) in [6.45, 7) is 2.07. The van der Waals surface area contributed by atoms with Gasteiger partial charge in [0.15, 0.2) is 5.78 Å². The van der Waals surface area contributed by atoms with E-state index in [1.165, 1.54) is 11.1 Å². The van der Waals surface area contributed by atoms with Crippen LogP contribution in [0.4, 0.5) is 5.69 Å². The molecule has 0 aliphatic rings. The second-order valence-corrected chi connectivity index (χ2v) is 8.56. The van der Waals surface area contributed by atoms with Crippen LogP contribution in [0.25, 0.3) is 6.08 Å². The highest BCUT2D eigenvalue weighted by Gasteiger charge is 2.14. The van der Waals surface area contributed by atoms with Crippen LogP contribution in [0.5, 0.6) is 0 Å². The second-order valence-electron chi connectivity index (χ2n) is 7.10. The number of allylic oxidation sites excluding steroid dienone is 1. The fourth-order valence-corrected chi connectivity index (χ4v) is 3.89. The average Bonchev–Trinajstić information content (AvgIpc) is 2.72. The molecule has 0 spiro atoms. The van der Waals surface area contributed by atoms with E-state index in [0.717, 1.165) is 17.0 Å². The molecule has 2 nitrogen and oxygen atoms in total. The van der Waals surface area contributed by atoms with E-state index < -0.39 is 0 Å². The zero-order valence-electron chi connectivity index (χ0n) is 16.9. The van der Waals surface area contributed by atoms with E-state index in [4.69, 9.17) is 11.6 Å². The maximum atomic E-state index is 13.2. The van der Waals surface area contributed by atoms with Gasteiger partial charge in [-0.3, -0.25) is 4.79 Å². The smallest absolute Gasteiger partial charge is 0.199 e. The van der Waals surface area contributed by atoms with E-state index >= 15 is 0 Å². The van der Waals surface area contributed by atoms with E-state index in [-0.39, 0.29) is 5.78 Å². The lowest BCUT2D eigenvalue weighted by Crippen LogP contribution is -2.08. The Morgan fingerprint density at radius 3 is 2.14 bits per heavy atom. The van der Waals surface area contributed by atoms with Gasteiger partial charge in [0.05, 0.1) is 4.91 Å². The number of carbonyl (C=O) groups excluding carboxylic acids is 1. The van der Waals surface area contributed by atoms with Crippen LogP contribution in [0, 0.1) is 6.92 Å². The van der Waals surface area contributed by atoms with Crippen LogP contribution in [0.2, 0.25) is 5.02 Å². The molecular formula is C25H24ClNOS. The van der Waals surface area contributed by atoms with Crippen molar-refractivity contribution in [1.82, 2.24) is 0 Å². The third-order valence-corrected chi connectivity index (χ3v) is 5.90. The molecule has 0 N–H and O–H groups in total. The molecule has 0 amide bonds. The van der Waals surface area contributed by atoms with Crippen LogP contribution in [0.3, 0.4) is 0 Å². The average molecular weight is 422 g/mol. The number of hydrogen-bond donors (Lipinski definition) is 0. The van der Waals surface area contributed by atoms with Crippen LogP contribution in [0.1, 0.15) is 27.0 Å². The number of nitrogens with zero attached hydrogens (tertiary/aromatic N) is 1. The van der Waals surface area contributed by atoms with E-state index in [1.807, 2.05) is 32.3 Å². The Labute approximate surface area is 182 Å². The first kappa shape index (κ1) is 21.2. The number of aryl methyl sites for hydroxylation is 1. The highest BCUT2D eigenvalue weighted by atomic mass is 35.5. The summed E-state index contributed by atoms with van der Waals surface area (Å²) in [5, 5.41) is 0.624. The molecule has 4 heteroatoms. The largest absolute Gasteiger partial charge is 0.378 e. The van der Waals surface area contributed by atoms with Crippen LogP contribution in [-0.4, -0.2) is 19.9 Å². The van der Waals surface area contributed by atoms with Gasteiger partial charge >= 0.3 is 0 Å². The predicted molar refractivity (Wildman–Crippen MR) is 127 cm³/mol. The standard InChI is InChI=1S/C25H24ClNOS/c1-18-4-6-20(7-5-18)17-29-24(25(28)21-10-12-22(26)13-11-21)16-19-8-14-23(15-9-19)27(2)3/h4-16H,17H2,1-3H3/b24-16+. The molecular weight excluding hydrogens is 398 g/mol. The first-order valence-electron chi connectivity index (χ1n) is 9.40. The zero-order valence-corrected chi connectivity index (χ0v) is 18.4. The molecule has 0 aliphatic heterocycles. The SMILES string of the molecule is Cc1ccc(CS/C(=C/c2ccc(N(C)C)cc2)C(=O)c2ccc(Cl)cc2)cc1. The molecule has 0 aliphatic carbocycles. The van der Waals surface area contributed by atoms with Gasteiger partial charge in [-0.1, -0.05) is 53.6 Å². The summed E-state index contributed by atoms with van der Waals surface area (Å²) in [5.41, 5.74) is 5.19. The van der Waals surface area contributed by atoms with Gasteiger partial charge < -0.3 is 4.90 Å². The van der Waals surface area contributed by atoms with Crippen molar-refractivity contribution in [3.8, 4) is 0 Å². The third kappa shape index (κ3) is 5.99. The van der Waals surface area contributed by atoms with Crippen LogP contribution < -0.4 is 4.90 Å². The molecule has 3 aromatic carbocycles. The predicted octanol–water partition coefficient (Wildman–Crippen LogP) is 6.87. The third-order valence-electron chi connectivity index (χ3n) is 4.55. The molecule has 0 atom stereocenters. The van der Waals surface area contributed by atoms with Gasteiger partial charge in [0, 0.05) is 36.1 Å². The quantitative estimate of drug-likeness (QED) is 0.306. The van der Waals surface area contributed by atoms with Crippen LogP contribution in [-0.2, 0) is 5.75 Å². The molecule has 29 heavy (non-hydrogen) atoms. The van der Waals surface area contributed by atoms with Gasteiger partial charge in [-0.25, -0.2) is 0 Å². The van der Waals surface area contributed by atoms with Crippen LogP contribution in [0.15, 0.2) is 77.7 Å². The van der Waals surface area contributed by atoms with Crippen molar-refractivity contribution < 1.29 is 4.79 Å². The lowest BCUT2D eigenvalue weighted by Gasteiger charge is -2.12. The summed E-state index contributed by atoms with van der Waals surface area (Å²) < 4.78 is 0. The number of hydrogen-bond acceptors (Lipinski definition) is 3. The number of rotatable bonds is 7. The van der Waals surface area contributed by atoms with Crippen LogP contribution >= 0.6 is 23.4 Å². The fraction of sp³-hybridized carbons (Fsp3) is 0.160. The molecule has 0 bridgehead atoms. The van der Waals surface area contributed by atoms with Crippen molar-refractivity contribution in [2.75, 3.05) is 19.0 Å². The molecule has 0 saturated heterocycles. The first-order valence-corrected chi connectivity index (χ1v) is 10.8. The Hall–Kier alpha value is -2.49. The van der Waals surface area contributed by atoms with E-state index in [0.29, 0.717) is 15.5 Å². The molecule has 3 rings (SSSR count). The topological polar surface area (TPSA) is 20.3 Å². The van der Waals surface area contributed by atoms with Crippen molar-refractivity contribution in [2.45, 2.75) is 12.7 Å². The Balaban J connectivity index is 1.88. The fourth-order valence-electron chi connectivity index (χ4n) is 2.78. The van der Waals surface area contributed by atoms with E-state index in [2.05, 4.69) is 48.2 Å². The number of benzene rings is 3. The number of halogens is 1. The van der Waals surface area contributed by atoms with Gasteiger partial charge in [-0.15, -0.1) is 11.8 Å². The molecule has 0 radical (unpaired) electrons. The lowest BCUT2D eigenvalue weighted by atomic mass is 10.1. The molecule has 3 aromatic rings. The normalized spacial score (nSPS) is 11.4. The summed E-state index contributed by atoms with van der Waals surface area (Å²) in [4.78, 5) is 15.9. The van der Waals surface area contributed by atoms with Crippen molar-refractivity contribution in [1.29, 1.82) is 0 Å². The van der Waals surface area contributed by atoms with E-state index in [9.17, 15) is 4.79 Å². The highest BCUT2D eigenvalue weighted by molar-refractivity contribution is 8.03. The minimum atomic E-state index is 0.00969. The number of Topliss-reactive ketones (excluding diaryl/α,β-unsaturated/α-hetero) is 1. The van der Waals surface area contributed by atoms with Crippen molar-refractivity contribution in [2.24, 2.45) is 0 Å².